The zero-order valence-corrected chi connectivity index (χ0v) is 13.1. The van der Waals surface area contributed by atoms with E-state index in [1.807, 2.05) is 24.3 Å². The van der Waals surface area contributed by atoms with Crippen LogP contribution in [-0.4, -0.2) is 24.1 Å². The summed E-state index contributed by atoms with van der Waals surface area (Å²) in [5.41, 5.74) is 1.37. The van der Waals surface area contributed by atoms with E-state index in [-0.39, 0.29) is 17.4 Å². The van der Waals surface area contributed by atoms with E-state index in [2.05, 4.69) is 5.32 Å². The van der Waals surface area contributed by atoms with Crippen molar-refractivity contribution in [2.24, 2.45) is 5.92 Å². The number of benzene rings is 2. The molecule has 120 valence electrons. The van der Waals surface area contributed by atoms with Crippen molar-refractivity contribution in [2.75, 3.05) is 12.4 Å². The first-order chi connectivity index (χ1) is 11.0. The lowest BCUT2D eigenvalue weighted by Gasteiger charge is -2.14. The summed E-state index contributed by atoms with van der Waals surface area (Å²) in [6.45, 7) is 1.80. The van der Waals surface area contributed by atoms with Gasteiger partial charge in [0.1, 0.15) is 5.75 Å². The first-order valence-corrected chi connectivity index (χ1v) is 7.27. The molecule has 2 aromatic rings. The van der Waals surface area contributed by atoms with Crippen LogP contribution in [0.1, 0.15) is 22.8 Å². The van der Waals surface area contributed by atoms with Crippen LogP contribution in [0, 0.1) is 5.92 Å². The Morgan fingerprint density at radius 2 is 1.91 bits per heavy atom. The Morgan fingerprint density at radius 3 is 2.61 bits per heavy atom. The molecule has 2 N–H and O–H groups in total. The van der Waals surface area contributed by atoms with Crippen molar-refractivity contribution < 1.29 is 19.4 Å². The minimum Gasteiger partial charge on any atom is -0.497 e. The van der Waals surface area contributed by atoms with Gasteiger partial charge in [0.2, 0.25) is 5.91 Å². The first kappa shape index (κ1) is 16.5. The summed E-state index contributed by atoms with van der Waals surface area (Å²) >= 11 is 0. The normalized spacial score (nSPS) is 11.6. The van der Waals surface area contributed by atoms with Crippen molar-refractivity contribution in [3.05, 3.63) is 59.7 Å². The van der Waals surface area contributed by atoms with Gasteiger partial charge in [-0.2, -0.15) is 0 Å². The van der Waals surface area contributed by atoms with Crippen LogP contribution in [0.5, 0.6) is 5.75 Å². The van der Waals surface area contributed by atoms with E-state index < -0.39 is 5.97 Å². The number of para-hydroxylation sites is 1. The predicted molar refractivity (Wildman–Crippen MR) is 87.9 cm³/mol. The second kappa shape index (κ2) is 7.45. The standard InChI is InChI=1S/C18H19NO4/c1-12(10-13-6-5-7-14(11-13)23-2)17(20)19-16-9-4-3-8-15(16)18(21)22/h3-9,11-12H,10H2,1-2H3,(H,19,20)(H,21,22). The number of carboxylic acid groups (broad SMARTS) is 1. The van der Waals surface area contributed by atoms with E-state index in [0.717, 1.165) is 11.3 Å². The molecule has 23 heavy (non-hydrogen) atoms. The number of rotatable bonds is 6. The summed E-state index contributed by atoms with van der Waals surface area (Å²) in [4.78, 5) is 23.5. The van der Waals surface area contributed by atoms with Gasteiger partial charge in [-0.3, -0.25) is 4.79 Å². The Balaban J connectivity index is 2.07. The topological polar surface area (TPSA) is 75.6 Å². The highest BCUT2D eigenvalue weighted by Crippen LogP contribution is 2.19. The number of nitrogens with one attached hydrogen (secondary N) is 1. The molecule has 0 aliphatic rings. The lowest BCUT2D eigenvalue weighted by molar-refractivity contribution is -0.119. The lowest BCUT2D eigenvalue weighted by atomic mass is 10.00. The zero-order valence-electron chi connectivity index (χ0n) is 13.1. The largest absolute Gasteiger partial charge is 0.497 e. The third-order valence-corrected chi connectivity index (χ3v) is 3.54. The molecule has 2 aromatic carbocycles. The van der Waals surface area contributed by atoms with Crippen LogP contribution < -0.4 is 10.1 Å². The number of ether oxygens (including phenoxy) is 1. The molecule has 0 heterocycles. The molecule has 0 fully saturated rings. The van der Waals surface area contributed by atoms with Gasteiger partial charge in [0, 0.05) is 5.92 Å². The van der Waals surface area contributed by atoms with Gasteiger partial charge in [-0.15, -0.1) is 0 Å². The molecule has 0 saturated heterocycles. The molecule has 1 amide bonds. The number of hydrogen-bond donors (Lipinski definition) is 2. The third kappa shape index (κ3) is 4.32. The lowest BCUT2D eigenvalue weighted by Crippen LogP contribution is -2.23. The summed E-state index contributed by atoms with van der Waals surface area (Å²) in [6.07, 6.45) is 0.540. The molecule has 0 saturated carbocycles. The Hall–Kier alpha value is -2.82. The van der Waals surface area contributed by atoms with Crippen LogP contribution in [0.4, 0.5) is 5.69 Å². The Labute approximate surface area is 134 Å². The number of methoxy groups -OCH3 is 1. The number of hydrogen-bond acceptors (Lipinski definition) is 3. The minimum atomic E-state index is -1.07. The third-order valence-electron chi connectivity index (χ3n) is 3.54. The second-order valence-corrected chi connectivity index (χ2v) is 5.30. The maximum Gasteiger partial charge on any atom is 0.337 e. The van der Waals surface area contributed by atoms with Crippen LogP contribution in [0.3, 0.4) is 0 Å². The number of anilines is 1. The molecule has 1 unspecified atom stereocenters. The van der Waals surface area contributed by atoms with Gasteiger partial charge in [-0.05, 0) is 36.2 Å². The molecule has 0 spiro atoms. The van der Waals surface area contributed by atoms with Crippen molar-refractivity contribution in [3.63, 3.8) is 0 Å². The maximum atomic E-state index is 12.3. The average molecular weight is 313 g/mol. The summed E-state index contributed by atoms with van der Waals surface area (Å²) in [7, 11) is 1.60. The Bertz CT molecular complexity index is 712. The highest BCUT2D eigenvalue weighted by Gasteiger charge is 2.17. The Kier molecular flexibility index (Phi) is 5.36. The van der Waals surface area contributed by atoms with E-state index in [1.54, 1.807) is 32.2 Å². The van der Waals surface area contributed by atoms with E-state index in [9.17, 15) is 9.59 Å². The van der Waals surface area contributed by atoms with Gasteiger partial charge in [-0.1, -0.05) is 31.2 Å². The average Bonchev–Trinajstić information content (AvgIpc) is 2.55. The van der Waals surface area contributed by atoms with Gasteiger partial charge in [0.25, 0.3) is 0 Å². The van der Waals surface area contributed by atoms with E-state index in [4.69, 9.17) is 9.84 Å². The van der Waals surface area contributed by atoms with Crippen LogP contribution >= 0.6 is 0 Å². The molecule has 0 bridgehead atoms. The van der Waals surface area contributed by atoms with Crippen molar-refractivity contribution in [1.29, 1.82) is 0 Å². The number of carbonyl (C=O) groups is 2. The van der Waals surface area contributed by atoms with E-state index in [0.29, 0.717) is 12.1 Å². The van der Waals surface area contributed by atoms with Gasteiger partial charge < -0.3 is 15.2 Å². The van der Waals surface area contributed by atoms with Gasteiger partial charge in [0.05, 0.1) is 18.4 Å². The molecule has 2 rings (SSSR count). The van der Waals surface area contributed by atoms with E-state index in [1.165, 1.54) is 6.07 Å². The molecular formula is C18H19NO4. The molecule has 5 nitrogen and oxygen atoms in total. The fourth-order valence-electron chi connectivity index (χ4n) is 2.28. The van der Waals surface area contributed by atoms with Gasteiger partial charge >= 0.3 is 5.97 Å². The minimum absolute atomic E-state index is 0.0782. The van der Waals surface area contributed by atoms with Crippen molar-refractivity contribution in [3.8, 4) is 5.75 Å². The van der Waals surface area contributed by atoms with Crippen molar-refractivity contribution in [2.45, 2.75) is 13.3 Å². The fraction of sp³-hybridized carbons (Fsp3) is 0.222. The monoisotopic (exact) mass is 313 g/mol. The quantitative estimate of drug-likeness (QED) is 0.858. The van der Waals surface area contributed by atoms with Crippen LogP contribution in [0.25, 0.3) is 0 Å². The molecule has 0 aliphatic heterocycles. The molecular weight excluding hydrogens is 294 g/mol. The molecule has 1 atom stereocenters. The van der Waals surface area contributed by atoms with Crippen LogP contribution in [0.2, 0.25) is 0 Å². The number of amides is 1. The smallest absolute Gasteiger partial charge is 0.337 e. The maximum absolute atomic E-state index is 12.3. The first-order valence-electron chi connectivity index (χ1n) is 7.27. The predicted octanol–water partition coefficient (Wildman–Crippen LogP) is 3.21. The van der Waals surface area contributed by atoms with Crippen molar-refractivity contribution >= 4 is 17.6 Å². The van der Waals surface area contributed by atoms with Gasteiger partial charge in [0.15, 0.2) is 0 Å². The van der Waals surface area contributed by atoms with E-state index >= 15 is 0 Å². The summed E-state index contributed by atoms with van der Waals surface area (Å²) in [6, 6.07) is 13.9. The zero-order chi connectivity index (χ0) is 16.8. The summed E-state index contributed by atoms with van der Waals surface area (Å²) in [5, 5.41) is 11.8. The molecule has 0 aromatic heterocycles. The highest BCUT2D eigenvalue weighted by atomic mass is 16.5. The van der Waals surface area contributed by atoms with Crippen LogP contribution in [-0.2, 0) is 11.2 Å². The summed E-state index contributed by atoms with van der Waals surface area (Å²) in [5.74, 6) is -0.849. The molecule has 0 radical (unpaired) electrons. The van der Waals surface area contributed by atoms with Crippen LogP contribution in [0.15, 0.2) is 48.5 Å². The fourth-order valence-corrected chi connectivity index (χ4v) is 2.28. The molecule has 0 aliphatic carbocycles. The number of carbonyl (C=O) groups excluding carboxylic acids is 1. The number of carboxylic acids is 1. The highest BCUT2D eigenvalue weighted by molar-refractivity contribution is 6.01. The summed E-state index contributed by atoms with van der Waals surface area (Å²) < 4.78 is 5.17. The molecule has 5 heteroatoms. The second-order valence-electron chi connectivity index (χ2n) is 5.30. The Morgan fingerprint density at radius 1 is 1.17 bits per heavy atom. The van der Waals surface area contributed by atoms with Gasteiger partial charge in [-0.25, -0.2) is 4.79 Å². The number of aromatic carboxylic acids is 1. The van der Waals surface area contributed by atoms with Crippen molar-refractivity contribution in [1.82, 2.24) is 0 Å². The SMILES string of the molecule is COc1cccc(CC(C)C(=O)Nc2ccccc2C(=O)O)c1.